The Bertz CT molecular complexity index is 300. The van der Waals surface area contributed by atoms with Crippen LogP contribution >= 0.6 is 0 Å². The number of carbonyl (C=O) groups is 2. The van der Waals surface area contributed by atoms with Gasteiger partial charge in [-0.1, -0.05) is 27.2 Å². The summed E-state index contributed by atoms with van der Waals surface area (Å²) in [5, 5.41) is 0. The molecular weight excluding hydrogens is 220 g/mol. The van der Waals surface area contributed by atoms with Gasteiger partial charge in [-0.05, 0) is 19.8 Å². The van der Waals surface area contributed by atoms with Gasteiger partial charge in [-0.3, -0.25) is 9.59 Å². The van der Waals surface area contributed by atoms with Crippen LogP contribution in [0.4, 0.5) is 0 Å². The molecule has 4 nitrogen and oxygen atoms in total. The van der Waals surface area contributed by atoms with Gasteiger partial charge in [-0.2, -0.15) is 0 Å². The van der Waals surface area contributed by atoms with Crippen LogP contribution in [-0.2, 0) is 19.1 Å². The third kappa shape index (κ3) is 2.99. The van der Waals surface area contributed by atoms with Crippen molar-refractivity contribution in [3.8, 4) is 0 Å². The van der Waals surface area contributed by atoms with Gasteiger partial charge < -0.3 is 9.47 Å². The second-order valence-corrected chi connectivity index (χ2v) is 4.85. The van der Waals surface area contributed by atoms with Gasteiger partial charge in [0.15, 0.2) is 5.60 Å². The van der Waals surface area contributed by atoms with E-state index in [0.717, 1.165) is 12.8 Å². The van der Waals surface area contributed by atoms with Crippen LogP contribution in [0.25, 0.3) is 0 Å². The summed E-state index contributed by atoms with van der Waals surface area (Å²) < 4.78 is 10.7. The van der Waals surface area contributed by atoms with Gasteiger partial charge in [0.05, 0.1) is 12.3 Å². The van der Waals surface area contributed by atoms with E-state index in [0.29, 0.717) is 6.42 Å². The van der Waals surface area contributed by atoms with Crippen molar-refractivity contribution in [2.24, 2.45) is 5.92 Å². The monoisotopic (exact) mass is 242 g/mol. The van der Waals surface area contributed by atoms with Crippen LogP contribution in [0.1, 0.15) is 53.4 Å². The molecule has 1 aliphatic heterocycles. The first kappa shape index (κ1) is 14.0. The molecule has 0 N–H and O–H groups in total. The first-order chi connectivity index (χ1) is 7.95. The lowest BCUT2D eigenvalue weighted by Crippen LogP contribution is -2.42. The molecule has 0 bridgehead atoms. The van der Waals surface area contributed by atoms with Crippen LogP contribution in [-0.4, -0.2) is 23.6 Å². The lowest BCUT2D eigenvalue weighted by Gasteiger charge is -2.31. The van der Waals surface area contributed by atoms with Crippen LogP contribution in [0.3, 0.4) is 0 Å². The molecule has 4 heteroatoms. The molecule has 0 aromatic rings. The summed E-state index contributed by atoms with van der Waals surface area (Å²) in [5.74, 6) is -0.638. The molecule has 1 fully saturated rings. The van der Waals surface area contributed by atoms with Gasteiger partial charge in [0.1, 0.15) is 6.10 Å². The van der Waals surface area contributed by atoms with Crippen LogP contribution in [0.5, 0.6) is 0 Å². The third-order valence-electron chi connectivity index (χ3n) is 3.48. The summed E-state index contributed by atoms with van der Waals surface area (Å²) in [7, 11) is 0. The molecule has 0 amide bonds. The maximum absolute atomic E-state index is 11.9. The topological polar surface area (TPSA) is 52.6 Å². The van der Waals surface area contributed by atoms with Crippen molar-refractivity contribution in [1.29, 1.82) is 0 Å². The zero-order chi connectivity index (χ0) is 13.1. The molecule has 0 radical (unpaired) electrons. The Morgan fingerprint density at radius 2 is 2.24 bits per heavy atom. The largest absolute Gasteiger partial charge is 0.458 e. The van der Waals surface area contributed by atoms with E-state index < -0.39 is 5.60 Å². The number of rotatable bonds is 5. The number of hydrogen-bond acceptors (Lipinski definition) is 4. The van der Waals surface area contributed by atoms with Crippen molar-refractivity contribution in [2.45, 2.75) is 65.1 Å². The van der Waals surface area contributed by atoms with E-state index in [4.69, 9.17) is 9.47 Å². The third-order valence-corrected chi connectivity index (χ3v) is 3.48. The Morgan fingerprint density at radius 3 is 2.65 bits per heavy atom. The number of carbonyl (C=O) groups excluding carboxylic acids is 2. The molecule has 1 rings (SSSR count). The van der Waals surface area contributed by atoms with Crippen molar-refractivity contribution in [3.05, 3.63) is 0 Å². The van der Waals surface area contributed by atoms with Gasteiger partial charge in [0, 0.05) is 0 Å². The minimum absolute atomic E-state index is 0.133. The van der Waals surface area contributed by atoms with Gasteiger partial charge >= 0.3 is 11.9 Å². The fraction of sp³-hybridized carbons (Fsp3) is 0.846. The standard InChI is InChI=1S/C13H22O4/c1-5-7-13(8-11(14)16-10(13)4)17-12(15)9(3)6-2/h9-10H,5-8H2,1-4H3. The molecule has 1 aliphatic rings. The Balaban J connectivity index is 2.79. The van der Waals surface area contributed by atoms with Gasteiger partial charge in [0.25, 0.3) is 0 Å². The molecule has 3 atom stereocenters. The molecular formula is C13H22O4. The van der Waals surface area contributed by atoms with Crippen molar-refractivity contribution >= 4 is 11.9 Å². The summed E-state index contributed by atoms with van der Waals surface area (Å²) in [6, 6.07) is 0. The summed E-state index contributed by atoms with van der Waals surface area (Å²) in [6.45, 7) is 7.58. The lowest BCUT2D eigenvalue weighted by atomic mass is 9.90. The maximum atomic E-state index is 11.9. The highest BCUT2D eigenvalue weighted by Gasteiger charge is 2.49. The molecule has 17 heavy (non-hydrogen) atoms. The Labute approximate surface area is 103 Å². The van der Waals surface area contributed by atoms with E-state index in [1.165, 1.54) is 0 Å². The van der Waals surface area contributed by atoms with Crippen molar-refractivity contribution in [1.82, 2.24) is 0 Å². The first-order valence-corrected chi connectivity index (χ1v) is 6.37. The minimum Gasteiger partial charge on any atom is -0.458 e. The second-order valence-electron chi connectivity index (χ2n) is 4.85. The summed E-state index contributed by atoms with van der Waals surface area (Å²) in [6.07, 6.45) is 2.11. The zero-order valence-corrected chi connectivity index (χ0v) is 11.1. The van der Waals surface area contributed by atoms with Crippen LogP contribution in [0.2, 0.25) is 0 Å². The molecule has 0 aromatic carbocycles. The van der Waals surface area contributed by atoms with E-state index >= 15 is 0 Å². The van der Waals surface area contributed by atoms with Crippen molar-refractivity contribution < 1.29 is 19.1 Å². The lowest BCUT2D eigenvalue weighted by molar-refractivity contribution is -0.171. The van der Waals surface area contributed by atoms with Crippen LogP contribution in [0.15, 0.2) is 0 Å². The van der Waals surface area contributed by atoms with Gasteiger partial charge in [-0.25, -0.2) is 0 Å². The highest BCUT2D eigenvalue weighted by Crippen LogP contribution is 2.35. The minimum atomic E-state index is -0.744. The Morgan fingerprint density at radius 1 is 1.59 bits per heavy atom. The summed E-state index contributed by atoms with van der Waals surface area (Å²) in [5.41, 5.74) is -0.744. The van der Waals surface area contributed by atoms with Crippen LogP contribution in [0, 0.1) is 5.92 Å². The first-order valence-electron chi connectivity index (χ1n) is 6.37. The molecule has 0 saturated carbocycles. The maximum Gasteiger partial charge on any atom is 0.310 e. The molecule has 0 spiro atoms. The molecule has 0 aliphatic carbocycles. The second kappa shape index (κ2) is 5.52. The molecule has 1 saturated heterocycles. The predicted molar refractivity (Wildman–Crippen MR) is 63.4 cm³/mol. The average molecular weight is 242 g/mol. The number of esters is 2. The smallest absolute Gasteiger partial charge is 0.310 e. The van der Waals surface area contributed by atoms with E-state index in [2.05, 4.69) is 0 Å². The molecule has 98 valence electrons. The number of hydrogen-bond donors (Lipinski definition) is 0. The predicted octanol–water partition coefficient (Wildman–Crippen LogP) is 2.45. The van der Waals surface area contributed by atoms with E-state index in [1.807, 2.05) is 20.8 Å². The highest BCUT2D eigenvalue weighted by molar-refractivity contribution is 5.77. The van der Waals surface area contributed by atoms with E-state index in [9.17, 15) is 9.59 Å². The number of cyclic esters (lactones) is 1. The summed E-state index contributed by atoms with van der Waals surface area (Å²) in [4.78, 5) is 23.2. The average Bonchev–Trinajstić information content (AvgIpc) is 2.53. The van der Waals surface area contributed by atoms with Gasteiger partial charge in [-0.15, -0.1) is 0 Å². The van der Waals surface area contributed by atoms with E-state index in [1.54, 1.807) is 6.92 Å². The normalized spacial score (nSPS) is 29.9. The molecule has 1 heterocycles. The van der Waals surface area contributed by atoms with Crippen molar-refractivity contribution in [3.63, 3.8) is 0 Å². The quantitative estimate of drug-likeness (QED) is 0.695. The highest BCUT2D eigenvalue weighted by atomic mass is 16.6. The van der Waals surface area contributed by atoms with E-state index in [-0.39, 0.29) is 30.4 Å². The zero-order valence-electron chi connectivity index (χ0n) is 11.1. The fourth-order valence-corrected chi connectivity index (χ4v) is 2.09. The molecule has 3 unspecified atom stereocenters. The van der Waals surface area contributed by atoms with Gasteiger partial charge in [0.2, 0.25) is 0 Å². The Kier molecular flexibility index (Phi) is 4.54. The van der Waals surface area contributed by atoms with Crippen molar-refractivity contribution in [2.75, 3.05) is 0 Å². The SMILES string of the molecule is CCCC1(OC(=O)C(C)CC)CC(=O)OC1C. The Hall–Kier alpha value is -1.06. The van der Waals surface area contributed by atoms with Crippen LogP contribution < -0.4 is 0 Å². The number of ether oxygens (including phenoxy) is 2. The summed E-state index contributed by atoms with van der Waals surface area (Å²) >= 11 is 0. The fourth-order valence-electron chi connectivity index (χ4n) is 2.09. The molecule has 0 aromatic heterocycles.